The third-order valence-electron chi connectivity index (χ3n) is 1.98. The van der Waals surface area contributed by atoms with Gasteiger partial charge in [-0.25, -0.2) is 4.79 Å². The first-order valence-corrected chi connectivity index (χ1v) is 4.61. The van der Waals surface area contributed by atoms with Gasteiger partial charge in [-0.3, -0.25) is 0 Å². The quantitative estimate of drug-likeness (QED) is 0.752. The highest BCUT2D eigenvalue weighted by atomic mass is 16.5. The van der Waals surface area contributed by atoms with Gasteiger partial charge in [0.1, 0.15) is 12.4 Å². The monoisotopic (exact) mass is 210 g/mol. The topological polar surface area (TPSA) is 55.8 Å². The van der Waals surface area contributed by atoms with Crippen LogP contribution in [0.2, 0.25) is 0 Å². The summed E-state index contributed by atoms with van der Waals surface area (Å²) < 4.78 is 10.2. The van der Waals surface area contributed by atoms with E-state index in [0.717, 1.165) is 0 Å². The maximum absolute atomic E-state index is 10.7. The summed E-state index contributed by atoms with van der Waals surface area (Å²) in [6, 6.07) is 4.89. The van der Waals surface area contributed by atoms with Gasteiger partial charge in [-0.2, -0.15) is 0 Å². The highest BCUT2D eigenvalue weighted by Gasteiger charge is 2.07. The average molecular weight is 210 g/mol. The number of hydrogen-bond donors (Lipinski definition) is 1. The van der Waals surface area contributed by atoms with Gasteiger partial charge in [0.25, 0.3) is 0 Å². The number of carboxylic acid groups (broad SMARTS) is 1. The van der Waals surface area contributed by atoms with Crippen LogP contribution in [-0.2, 0) is 4.74 Å². The van der Waals surface area contributed by atoms with E-state index in [1.54, 1.807) is 32.2 Å². The first kappa shape index (κ1) is 11.5. The summed E-state index contributed by atoms with van der Waals surface area (Å²) in [5.41, 5.74) is 0.992. The summed E-state index contributed by atoms with van der Waals surface area (Å²) >= 11 is 0. The van der Waals surface area contributed by atoms with Crippen molar-refractivity contribution in [2.24, 2.45) is 0 Å². The smallest absolute Gasteiger partial charge is 0.335 e. The van der Waals surface area contributed by atoms with Crippen molar-refractivity contribution in [3.8, 4) is 5.75 Å². The highest BCUT2D eigenvalue weighted by molar-refractivity contribution is 5.89. The summed E-state index contributed by atoms with van der Waals surface area (Å²) in [7, 11) is 1.60. The van der Waals surface area contributed by atoms with Gasteiger partial charge in [-0.1, -0.05) is 0 Å². The van der Waals surface area contributed by atoms with E-state index in [1.165, 1.54) is 0 Å². The molecule has 0 aliphatic rings. The molecule has 0 unspecified atom stereocenters. The predicted octanol–water partition coefficient (Wildman–Crippen LogP) is 1.72. The van der Waals surface area contributed by atoms with Crippen LogP contribution < -0.4 is 4.74 Å². The lowest BCUT2D eigenvalue weighted by Gasteiger charge is -2.07. The standard InChI is InChI=1S/C11H14O4/c1-8-7-9(15-6-5-14-2)3-4-10(8)11(12)13/h3-4,7H,5-6H2,1-2H3,(H,12,13). The molecular weight excluding hydrogens is 196 g/mol. The minimum atomic E-state index is -0.920. The van der Waals surface area contributed by atoms with E-state index in [1.807, 2.05) is 0 Å². The van der Waals surface area contributed by atoms with Gasteiger partial charge in [-0.05, 0) is 30.7 Å². The fourth-order valence-corrected chi connectivity index (χ4v) is 1.21. The van der Waals surface area contributed by atoms with Crippen molar-refractivity contribution in [3.63, 3.8) is 0 Å². The minimum absolute atomic E-state index is 0.300. The number of rotatable bonds is 5. The Morgan fingerprint density at radius 1 is 1.40 bits per heavy atom. The maximum atomic E-state index is 10.7. The van der Waals surface area contributed by atoms with Crippen LogP contribution in [0, 0.1) is 6.92 Å². The number of carboxylic acids is 1. The lowest BCUT2D eigenvalue weighted by molar-refractivity contribution is 0.0696. The molecule has 0 spiro atoms. The summed E-state index contributed by atoms with van der Waals surface area (Å²) in [6.07, 6.45) is 0. The molecule has 15 heavy (non-hydrogen) atoms. The fourth-order valence-electron chi connectivity index (χ4n) is 1.21. The molecule has 0 bridgehead atoms. The largest absolute Gasteiger partial charge is 0.491 e. The Bertz CT molecular complexity index is 346. The van der Waals surface area contributed by atoms with E-state index < -0.39 is 5.97 Å². The van der Waals surface area contributed by atoms with Crippen molar-refractivity contribution in [1.82, 2.24) is 0 Å². The van der Waals surface area contributed by atoms with Crippen LogP contribution in [0.4, 0.5) is 0 Å². The normalized spacial score (nSPS) is 10.0. The van der Waals surface area contributed by atoms with Crippen LogP contribution in [0.3, 0.4) is 0 Å². The van der Waals surface area contributed by atoms with E-state index in [0.29, 0.717) is 30.1 Å². The lowest BCUT2D eigenvalue weighted by atomic mass is 10.1. The third-order valence-corrected chi connectivity index (χ3v) is 1.98. The van der Waals surface area contributed by atoms with Crippen LogP contribution in [0.5, 0.6) is 5.75 Å². The number of carbonyl (C=O) groups is 1. The second-order valence-corrected chi connectivity index (χ2v) is 3.12. The molecule has 0 heterocycles. The van der Waals surface area contributed by atoms with Crippen molar-refractivity contribution in [2.45, 2.75) is 6.92 Å². The van der Waals surface area contributed by atoms with Crippen LogP contribution in [0.1, 0.15) is 15.9 Å². The van der Waals surface area contributed by atoms with Crippen LogP contribution in [0.25, 0.3) is 0 Å². The Morgan fingerprint density at radius 3 is 2.67 bits per heavy atom. The lowest BCUT2D eigenvalue weighted by Crippen LogP contribution is -2.05. The Kier molecular flexibility index (Phi) is 4.12. The molecule has 4 nitrogen and oxygen atoms in total. The fraction of sp³-hybridized carbons (Fsp3) is 0.364. The number of hydrogen-bond acceptors (Lipinski definition) is 3. The zero-order chi connectivity index (χ0) is 11.3. The van der Waals surface area contributed by atoms with Crippen molar-refractivity contribution in [3.05, 3.63) is 29.3 Å². The van der Waals surface area contributed by atoms with Crippen molar-refractivity contribution < 1.29 is 19.4 Å². The molecule has 1 aromatic carbocycles. The van der Waals surface area contributed by atoms with Crippen molar-refractivity contribution >= 4 is 5.97 Å². The number of methoxy groups -OCH3 is 1. The third kappa shape index (κ3) is 3.25. The predicted molar refractivity (Wildman–Crippen MR) is 55.5 cm³/mol. The molecule has 0 aliphatic carbocycles. The molecule has 0 fully saturated rings. The van der Waals surface area contributed by atoms with Crippen LogP contribution in [-0.4, -0.2) is 31.4 Å². The molecule has 82 valence electrons. The average Bonchev–Trinajstić information content (AvgIpc) is 2.17. The van der Waals surface area contributed by atoms with E-state index >= 15 is 0 Å². The molecule has 1 aromatic rings. The zero-order valence-electron chi connectivity index (χ0n) is 8.82. The van der Waals surface area contributed by atoms with E-state index in [-0.39, 0.29) is 0 Å². The molecule has 0 aliphatic heterocycles. The summed E-state index contributed by atoms with van der Waals surface area (Å²) in [6.45, 7) is 2.72. The van der Waals surface area contributed by atoms with Gasteiger partial charge in [-0.15, -0.1) is 0 Å². The first-order chi connectivity index (χ1) is 7.15. The molecule has 0 radical (unpaired) electrons. The number of benzene rings is 1. The number of aromatic carboxylic acids is 1. The van der Waals surface area contributed by atoms with E-state index in [2.05, 4.69) is 0 Å². The van der Waals surface area contributed by atoms with E-state index in [9.17, 15) is 4.79 Å². The first-order valence-electron chi connectivity index (χ1n) is 4.61. The van der Waals surface area contributed by atoms with Gasteiger partial charge in [0, 0.05) is 7.11 Å². The highest BCUT2D eigenvalue weighted by Crippen LogP contribution is 2.17. The summed E-state index contributed by atoms with van der Waals surface area (Å²) in [5, 5.41) is 8.81. The van der Waals surface area contributed by atoms with Crippen LogP contribution >= 0.6 is 0 Å². The molecule has 0 saturated carbocycles. The molecule has 0 amide bonds. The second kappa shape index (κ2) is 5.36. The Hall–Kier alpha value is -1.55. The number of aryl methyl sites for hydroxylation is 1. The van der Waals surface area contributed by atoms with Gasteiger partial charge in [0.2, 0.25) is 0 Å². The second-order valence-electron chi connectivity index (χ2n) is 3.12. The SMILES string of the molecule is COCCOc1ccc(C(=O)O)c(C)c1. The molecular formula is C11H14O4. The number of ether oxygens (including phenoxy) is 2. The summed E-state index contributed by atoms with van der Waals surface area (Å²) in [4.78, 5) is 10.7. The molecule has 0 atom stereocenters. The Morgan fingerprint density at radius 2 is 2.13 bits per heavy atom. The zero-order valence-corrected chi connectivity index (χ0v) is 8.82. The van der Waals surface area contributed by atoms with Gasteiger partial charge in [0.15, 0.2) is 0 Å². The van der Waals surface area contributed by atoms with Crippen molar-refractivity contribution in [2.75, 3.05) is 20.3 Å². The van der Waals surface area contributed by atoms with Crippen molar-refractivity contribution in [1.29, 1.82) is 0 Å². The molecule has 0 saturated heterocycles. The molecule has 0 aromatic heterocycles. The van der Waals surface area contributed by atoms with Crippen LogP contribution in [0.15, 0.2) is 18.2 Å². The Balaban J connectivity index is 2.69. The van der Waals surface area contributed by atoms with Gasteiger partial charge >= 0.3 is 5.97 Å². The summed E-state index contributed by atoms with van der Waals surface area (Å²) in [5.74, 6) is -0.259. The van der Waals surface area contributed by atoms with Gasteiger partial charge < -0.3 is 14.6 Å². The molecule has 4 heteroatoms. The van der Waals surface area contributed by atoms with E-state index in [4.69, 9.17) is 14.6 Å². The minimum Gasteiger partial charge on any atom is -0.491 e. The Labute approximate surface area is 88.4 Å². The molecule has 1 rings (SSSR count). The maximum Gasteiger partial charge on any atom is 0.335 e. The van der Waals surface area contributed by atoms with Gasteiger partial charge in [0.05, 0.1) is 12.2 Å². The molecule has 1 N–H and O–H groups in total.